The third kappa shape index (κ3) is 4.54. The topological polar surface area (TPSA) is 81.2 Å². The number of nitrogens with zero attached hydrogens (tertiary/aromatic N) is 2. The first-order valence-corrected chi connectivity index (χ1v) is 11.2. The number of ether oxygens (including phenoxy) is 1. The number of allylic oxidation sites excluding steroid dienone is 2. The second-order valence-corrected chi connectivity index (χ2v) is 8.71. The number of thiazole rings is 2. The molecule has 8 heteroatoms. The Bertz CT molecular complexity index is 1020. The first-order chi connectivity index (χ1) is 14.1. The minimum atomic E-state index is -0.316. The first kappa shape index (κ1) is 19.7. The van der Waals surface area contributed by atoms with E-state index in [2.05, 4.69) is 28.5 Å². The SMILES string of the molecule is CCOC(=O)Cc1csc(NC(=O)C2CC=CCC2c2nc3ccccc3s2)n1. The van der Waals surface area contributed by atoms with Crippen LogP contribution in [0.2, 0.25) is 0 Å². The fourth-order valence-corrected chi connectivity index (χ4v) is 5.29. The summed E-state index contributed by atoms with van der Waals surface area (Å²) >= 11 is 2.98. The van der Waals surface area contributed by atoms with Crippen LogP contribution in [0.15, 0.2) is 41.8 Å². The molecular formula is C21H21N3O3S2. The number of esters is 1. The number of para-hydroxylation sites is 1. The van der Waals surface area contributed by atoms with E-state index in [1.807, 2.05) is 18.2 Å². The van der Waals surface area contributed by atoms with Crippen molar-refractivity contribution in [2.45, 2.75) is 32.1 Å². The van der Waals surface area contributed by atoms with Crippen LogP contribution in [0.3, 0.4) is 0 Å². The van der Waals surface area contributed by atoms with Crippen molar-refractivity contribution in [1.29, 1.82) is 0 Å². The number of carbonyl (C=O) groups is 2. The number of fused-ring (bicyclic) bond motifs is 1. The average Bonchev–Trinajstić information content (AvgIpc) is 3.34. The summed E-state index contributed by atoms with van der Waals surface area (Å²) in [7, 11) is 0. The van der Waals surface area contributed by atoms with E-state index >= 15 is 0 Å². The normalized spacial score (nSPS) is 18.7. The van der Waals surface area contributed by atoms with Gasteiger partial charge in [0.25, 0.3) is 0 Å². The molecule has 2 atom stereocenters. The fraction of sp³-hybridized carbons (Fsp3) is 0.333. The Morgan fingerprint density at radius 2 is 2.03 bits per heavy atom. The van der Waals surface area contributed by atoms with Crippen LogP contribution in [0.4, 0.5) is 5.13 Å². The minimum Gasteiger partial charge on any atom is -0.466 e. The largest absolute Gasteiger partial charge is 0.466 e. The van der Waals surface area contributed by atoms with Gasteiger partial charge in [0.05, 0.1) is 39.9 Å². The number of carbonyl (C=O) groups excluding carboxylic acids is 2. The van der Waals surface area contributed by atoms with Crippen LogP contribution in [0.5, 0.6) is 0 Å². The molecule has 6 nitrogen and oxygen atoms in total. The Hall–Kier alpha value is -2.58. The Morgan fingerprint density at radius 3 is 2.86 bits per heavy atom. The second-order valence-electron chi connectivity index (χ2n) is 6.79. The first-order valence-electron chi connectivity index (χ1n) is 9.55. The van der Waals surface area contributed by atoms with E-state index in [1.54, 1.807) is 23.6 Å². The molecule has 1 aromatic carbocycles. The molecule has 0 saturated heterocycles. The molecule has 0 radical (unpaired) electrons. The summed E-state index contributed by atoms with van der Waals surface area (Å²) in [6.07, 6.45) is 5.77. The zero-order valence-corrected chi connectivity index (χ0v) is 17.6. The summed E-state index contributed by atoms with van der Waals surface area (Å²) in [6, 6.07) is 8.05. The maximum absolute atomic E-state index is 13.0. The van der Waals surface area contributed by atoms with Gasteiger partial charge in [-0.3, -0.25) is 9.59 Å². The highest BCUT2D eigenvalue weighted by Gasteiger charge is 2.32. The Morgan fingerprint density at radius 1 is 1.21 bits per heavy atom. The van der Waals surface area contributed by atoms with Gasteiger partial charge in [-0.25, -0.2) is 9.97 Å². The maximum Gasteiger partial charge on any atom is 0.311 e. The summed E-state index contributed by atoms with van der Waals surface area (Å²) in [5, 5.41) is 6.21. The Labute approximate surface area is 176 Å². The van der Waals surface area contributed by atoms with Crippen LogP contribution in [0.25, 0.3) is 10.2 Å². The average molecular weight is 428 g/mol. The van der Waals surface area contributed by atoms with Crippen LogP contribution in [-0.2, 0) is 20.7 Å². The lowest BCUT2D eigenvalue weighted by atomic mass is 9.83. The van der Waals surface area contributed by atoms with Gasteiger partial charge in [-0.15, -0.1) is 22.7 Å². The molecule has 2 unspecified atom stereocenters. The quantitative estimate of drug-likeness (QED) is 0.461. The van der Waals surface area contributed by atoms with Crippen molar-refractivity contribution in [3.8, 4) is 0 Å². The Kier molecular flexibility index (Phi) is 6.01. The second kappa shape index (κ2) is 8.84. The number of aromatic nitrogens is 2. The van der Waals surface area contributed by atoms with E-state index in [1.165, 1.54) is 11.3 Å². The molecular weight excluding hydrogens is 406 g/mol. The van der Waals surface area contributed by atoms with Gasteiger partial charge in [0.15, 0.2) is 5.13 Å². The van der Waals surface area contributed by atoms with Crippen molar-refractivity contribution in [1.82, 2.24) is 9.97 Å². The lowest BCUT2D eigenvalue weighted by molar-refractivity contribution is -0.142. The van der Waals surface area contributed by atoms with Gasteiger partial charge in [-0.2, -0.15) is 0 Å². The Balaban J connectivity index is 1.47. The molecule has 3 aromatic rings. The highest BCUT2D eigenvalue weighted by atomic mass is 32.1. The van der Waals surface area contributed by atoms with E-state index < -0.39 is 0 Å². The number of rotatable bonds is 6. The van der Waals surface area contributed by atoms with Crippen molar-refractivity contribution in [3.63, 3.8) is 0 Å². The van der Waals surface area contributed by atoms with Crippen LogP contribution in [-0.4, -0.2) is 28.5 Å². The van der Waals surface area contributed by atoms with E-state index in [0.717, 1.165) is 21.6 Å². The summed E-state index contributed by atoms with van der Waals surface area (Å²) in [4.78, 5) is 33.7. The number of hydrogen-bond acceptors (Lipinski definition) is 7. The van der Waals surface area contributed by atoms with Gasteiger partial charge in [-0.05, 0) is 31.9 Å². The molecule has 0 fully saturated rings. The van der Waals surface area contributed by atoms with Gasteiger partial charge < -0.3 is 10.1 Å². The van der Waals surface area contributed by atoms with Crippen LogP contribution >= 0.6 is 22.7 Å². The number of amides is 1. The lowest BCUT2D eigenvalue weighted by Gasteiger charge is -2.25. The summed E-state index contributed by atoms with van der Waals surface area (Å²) in [5.41, 5.74) is 1.58. The van der Waals surface area contributed by atoms with E-state index in [4.69, 9.17) is 9.72 Å². The zero-order valence-electron chi connectivity index (χ0n) is 16.0. The maximum atomic E-state index is 13.0. The number of benzene rings is 1. The lowest BCUT2D eigenvalue weighted by Crippen LogP contribution is -2.29. The minimum absolute atomic E-state index is 0.0522. The smallest absolute Gasteiger partial charge is 0.311 e. The third-order valence-electron chi connectivity index (χ3n) is 4.81. The van der Waals surface area contributed by atoms with Gasteiger partial charge in [0, 0.05) is 11.3 Å². The number of hydrogen-bond donors (Lipinski definition) is 1. The molecule has 29 heavy (non-hydrogen) atoms. The van der Waals surface area contributed by atoms with E-state index in [0.29, 0.717) is 23.9 Å². The summed E-state index contributed by atoms with van der Waals surface area (Å²) in [5.74, 6) is -0.519. The predicted octanol–water partition coefficient (Wildman–Crippen LogP) is 4.55. The monoisotopic (exact) mass is 427 g/mol. The molecule has 0 saturated carbocycles. The van der Waals surface area contributed by atoms with Gasteiger partial charge in [0.1, 0.15) is 0 Å². The third-order valence-corrected chi connectivity index (χ3v) is 6.78. The molecule has 2 aromatic heterocycles. The highest BCUT2D eigenvalue weighted by Crippen LogP contribution is 2.39. The van der Waals surface area contributed by atoms with Crippen LogP contribution < -0.4 is 5.32 Å². The van der Waals surface area contributed by atoms with Crippen LogP contribution in [0.1, 0.15) is 36.4 Å². The molecule has 0 bridgehead atoms. The van der Waals surface area contributed by atoms with Gasteiger partial charge >= 0.3 is 5.97 Å². The highest BCUT2D eigenvalue weighted by molar-refractivity contribution is 7.18. The number of anilines is 1. The van der Waals surface area contributed by atoms with Crippen molar-refractivity contribution in [3.05, 3.63) is 52.5 Å². The molecule has 1 amide bonds. The molecule has 0 spiro atoms. The zero-order chi connectivity index (χ0) is 20.2. The molecule has 1 N–H and O–H groups in total. The van der Waals surface area contributed by atoms with Crippen LogP contribution in [0, 0.1) is 5.92 Å². The number of nitrogens with one attached hydrogen (secondary N) is 1. The van der Waals surface area contributed by atoms with Gasteiger partial charge in [-0.1, -0.05) is 24.3 Å². The van der Waals surface area contributed by atoms with Crippen molar-refractivity contribution in [2.24, 2.45) is 5.92 Å². The van der Waals surface area contributed by atoms with Crippen molar-refractivity contribution >= 4 is 49.9 Å². The van der Waals surface area contributed by atoms with E-state index in [-0.39, 0.29) is 30.1 Å². The molecule has 0 aliphatic heterocycles. The fourth-order valence-electron chi connectivity index (χ4n) is 3.43. The molecule has 1 aliphatic carbocycles. The predicted molar refractivity (Wildman–Crippen MR) is 115 cm³/mol. The molecule has 150 valence electrons. The van der Waals surface area contributed by atoms with Gasteiger partial charge in [0.2, 0.25) is 5.91 Å². The van der Waals surface area contributed by atoms with Crippen molar-refractivity contribution in [2.75, 3.05) is 11.9 Å². The molecule has 2 heterocycles. The molecule has 4 rings (SSSR count). The standard InChI is InChI=1S/C21H21N3O3S2/c1-2-27-18(25)11-13-12-28-21(22-13)24-19(26)14-7-3-4-8-15(14)20-23-16-9-5-6-10-17(16)29-20/h3-6,9-10,12,14-15H,2,7-8,11H2,1H3,(H,22,24,26). The van der Waals surface area contributed by atoms with Crippen molar-refractivity contribution < 1.29 is 14.3 Å². The van der Waals surface area contributed by atoms with E-state index in [9.17, 15) is 9.59 Å². The summed E-state index contributed by atoms with van der Waals surface area (Å²) < 4.78 is 6.08. The summed E-state index contributed by atoms with van der Waals surface area (Å²) in [6.45, 7) is 2.11. The molecule has 1 aliphatic rings.